The molecule has 186 valence electrons. The molecule has 1 aliphatic heterocycles. The van der Waals surface area contributed by atoms with Gasteiger partial charge in [-0.15, -0.1) is 0 Å². The highest BCUT2D eigenvalue weighted by atomic mass is 16.2. The van der Waals surface area contributed by atoms with Crippen molar-refractivity contribution in [3.8, 4) is 0 Å². The number of carbonyl (C=O) groups excluding carboxylic acids is 2. The summed E-state index contributed by atoms with van der Waals surface area (Å²) in [6, 6.07) is 9.04. The van der Waals surface area contributed by atoms with Crippen LogP contribution in [0, 0.1) is 11.8 Å². The molecule has 1 unspecified atom stereocenters. The van der Waals surface area contributed by atoms with Crippen LogP contribution in [0.15, 0.2) is 29.8 Å². The Kier molecular flexibility index (Phi) is 7.39. The van der Waals surface area contributed by atoms with Crippen LogP contribution in [0.1, 0.15) is 84.3 Å². The minimum absolute atomic E-state index is 0.0222. The lowest BCUT2D eigenvalue weighted by molar-refractivity contribution is -0.138. The number of hydrogen-bond acceptors (Lipinski definition) is 2. The number of nitrogens with one attached hydrogen (secondary N) is 1. The third-order valence-electron chi connectivity index (χ3n) is 7.99. The molecule has 2 aliphatic carbocycles. The molecule has 3 amide bonds. The molecule has 3 aliphatic rings. The van der Waals surface area contributed by atoms with E-state index in [1.165, 1.54) is 22.3 Å². The van der Waals surface area contributed by atoms with Crippen molar-refractivity contribution >= 4 is 17.5 Å². The first-order valence-electron chi connectivity index (χ1n) is 13.4. The van der Waals surface area contributed by atoms with E-state index in [0.29, 0.717) is 18.4 Å². The summed E-state index contributed by atoms with van der Waals surface area (Å²) in [5.41, 5.74) is 5.61. The van der Waals surface area contributed by atoms with Gasteiger partial charge in [0.25, 0.3) is 0 Å². The Hall–Kier alpha value is -2.30. The van der Waals surface area contributed by atoms with Crippen LogP contribution >= 0.6 is 0 Å². The average molecular weight is 466 g/mol. The Labute approximate surface area is 206 Å². The number of urea groups is 1. The number of amides is 3. The third kappa shape index (κ3) is 5.18. The smallest absolute Gasteiger partial charge is 0.317 e. The van der Waals surface area contributed by atoms with Crippen LogP contribution in [0.4, 0.5) is 4.79 Å². The molecular formula is C29H43N3O2. The Bertz CT molecular complexity index is 937. The predicted molar refractivity (Wildman–Crippen MR) is 138 cm³/mol. The molecule has 1 saturated carbocycles. The molecule has 1 atom stereocenters. The Morgan fingerprint density at radius 3 is 2.44 bits per heavy atom. The van der Waals surface area contributed by atoms with Gasteiger partial charge in [0, 0.05) is 31.1 Å². The lowest BCUT2D eigenvalue weighted by Crippen LogP contribution is -2.50. The summed E-state index contributed by atoms with van der Waals surface area (Å²) in [6.07, 6.45) is 6.92. The molecule has 0 saturated heterocycles. The molecular weight excluding hydrogens is 422 g/mol. The van der Waals surface area contributed by atoms with Crippen molar-refractivity contribution in [2.24, 2.45) is 11.8 Å². The van der Waals surface area contributed by atoms with Crippen LogP contribution in [0.5, 0.6) is 0 Å². The molecule has 0 aromatic heterocycles. The zero-order valence-electron chi connectivity index (χ0n) is 21.8. The molecule has 5 heteroatoms. The highest BCUT2D eigenvalue weighted by Gasteiger charge is 2.39. The van der Waals surface area contributed by atoms with Crippen LogP contribution in [0.3, 0.4) is 0 Å². The second kappa shape index (κ2) is 10.1. The van der Waals surface area contributed by atoms with E-state index in [1.807, 2.05) is 32.6 Å². The van der Waals surface area contributed by atoms with Crippen molar-refractivity contribution in [2.75, 3.05) is 19.6 Å². The van der Waals surface area contributed by atoms with Crippen molar-refractivity contribution in [1.29, 1.82) is 0 Å². The van der Waals surface area contributed by atoms with E-state index in [-0.39, 0.29) is 23.5 Å². The van der Waals surface area contributed by atoms with Crippen LogP contribution in [0.25, 0.3) is 5.57 Å². The lowest BCUT2D eigenvalue weighted by Gasteiger charge is -2.40. The minimum Gasteiger partial charge on any atom is -0.335 e. The van der Waals surface area contributed by atoms with Crippen molar-refractivity contribution in [2.45, 2.75) is 91.1 Å². The maximum Gasteiger partial charge on any atom is 0.317 e. The van der Waals surface area contributed by atoms with Gasteiger partial charge in [0.2, 0.25) is 5.91 Å². The fourth-order valence-corrected chi connectivity index (χ4v) is 6.27. The molecule has 1 heterocycles. The monoisotopic (exact) mass is 465 g/mol. The topological polar surface area (TPSA) is 52.7 Å². The fourth-order valence-electron chi connectivity index (χ4n) is 6.27. The fraction of sp³-hybridized carbons (Fsp3) is 0.655. The van der Waals surface area contributed by atoms with Crippen molar-refractivity contribution < 1.29 is 9.59 Å². The number of fused-ring (bicyclic) bond motifs is 2. The summed E-state index contributed by atoms with van der Waals surface area (Å²) >= 11 is 0. The largest absolute Gasteiger partial charge is 0.335 e. The molecule has 1 aromatic rings. The van der Waals surface area contributed by atoms with Gasteiger partial charge in [-0.3, -0.25) is 4.79 Å². The van der Waals surface area contributed by atoms with E-state index < -0.39 is 0 Å². The van der Waals surface area contributed by atoms with Crippen molar-refractivity contribution in [3.63, 3.8) is 0 Å². The van der Waals surface area contributed by atoms with E-state index in [2.05, 4.69) is 41.4 Å². The van der Waals surface area contributed by atoms with Gasteiger partial charge in [-0.05, 0) is 101 Å². The van der Waals surface area contributed by atoms with Gasteiger partial charge in [-0.1, -0.05) is 31.2 Å². The summed E-state index contributed by atoms with van der Waals surface area (Å²) in [5, 5.41) is 3.09. The van der Waals surface area contributed by atoms with E-state index in [9.17, 15) is 9.59 Å². The Balaban J connectivity index is 1.34. The first-order valence-corrected chi connectivity index (χ1v) is 13.4. The third-order valence-corrected chi connectivity index (χ3v) is 7.99. The molecule has 0 radical (unpaired) electrons. The first-order chi connectivity index (χ1) is 16.2. The summed E-state index contributed by atoms with van der Waals surface area (Å²) in [4.78, 5) is 30.4. The van der Waals surface area contributed by atoms with E-state index in [4.69, 9.17) is 0 Å². The molecule has 5 nitrogen and oxygen atoms in total. The molecule has 0 bridgehead atoms. The summed E-state index contributed by atoms with van der Waals surface area (Å²) < 4.78 is 0. The van der Waals surface area contributed by atoms with Crippen molar-refractivity contribution in [3.05, 3.63) is 41.0 Å². The highest BCUT2D eigenvalue weighted by Crippen LogP contribution is 2.42. The number of carbonyl (C=O) groups is 2. The maximum atomic E-state index is 13.7. The van der Waals surface area contributed by atoms with Gasteiger partial charge in [0.1, 0.15) is 0 Å². The summed E-state index contributed by atoms with van der Waals surface area (Å²) in [7, 11) is 0. The lowest BCUT2D eigenvalue weighted by atomic mass is 9.80. The van der Waals surface area contributed by atoms with Crippen LogP contribution < -0.4 is 5.32 Å². The van der Waals surface area contributed by atoms with Crippen LogP contribution in [-0.4, -0.2) is 53.0 Å². The molecule has 1 N–H and O–H groups in total. The molecule has 0 spiro atoms. The molecule has 1 fully saturated rings. The SMILES string of the molecule is CCC1C2=C(CCN1C(=O)C1CCC(CN(CC)C(=O)NC(C)(C)C)CC1)c1ccccc1C2. The van der Waals surface area contributed by atoms with Crippen LogP contribution in [0.2, 0.25) is 0 Å². The molecule has 4 rings (SSSR count). The van der Waals surface area contributed by atoms with Gasteiger partial charge in [0.05, 0.1) is 6.04 Å². The number of benzene rings is 1. The number of rotatable bonds is 5. The van der Waals surface area contributed by atoms with Gasteiger partial charge in [0.15, 0.2) is 0 Å². The normalized spacial score (nSPS) is 24.5. The zero-order chi connectivity index (χ0) is 24.5. The number of nitrogens with zero attached hydrogens (tertiary/aromatic N) is 2. The standard InChI is InChI=1S/C29H43N3O2/c1-6-26-25-18-22-10-8-9-11-23(22)24(25)16-17-32(26)27(33)21-14-12-20(13-15-21)19-31(7-2)28(34)30-29(3,4)5/h8-11,20-21,26H,6-7,12-19H2,1-5H3,(H,30,34). The first kappa shape index (κ1) is 24.8. The van der Waals surface area contributed by atoms with E-state index in [0.717, 1.165) is 58.0 Å². The predicted octanol–water partition coefficient (Wildman–Crippen LogP) is 5.64. The van der Waals surface area contributed by atoms with Gasteiger partial charge < -0.3 is 15.1 Å². The maximum absolute atomic E-state index is 13.7. The highest BCUT2D eigenvalue weighted by molar-refractivity contribution is 5.84. The second-order valence-electron chi connectivity index (χ2n) is 11.5. The van der Waals surface area contributed by atoms with E-state index >= 15 is 0 Å². The quantitative estimate of drug-likeness (QED) is 0.611. The zero-order valence-corrected chi connectivity index (χ0v) is 21.8. The summed E-state index contributed by atoms with van der Waals surface area (Å²) in [6.45, 7) is 12.7. The van der Waals surface area contributed by atoms with E-state index in [1.54, 1.807) is 0 Å². The van der Waals surface area contributed by atoms with Gasteiger partial charge in [-0.2, -0.15) is 0 Å². The van der Waals surface area contributed by atoms with Gasteiger partial charge in [-0.25, -0.2) is 4.79 Å². The summed E-state index contributed by atoms with van der Waals surface area (Å²) in [5.74, 6) is 0.983. The Morgan fingerprint density at radius 1 is 1.09 bits per heavy atom. The minimum atomic E-state index is -0.227. The Morgan fingerprint density at radius 2 is 1.79 bits per heavy atom. The van der Waals surface area contributed by atoms with Gasteiger partial charge >= 0.3 is 6.03 Å². The molecule has 34 heavy (non-hydrogen) atoms. The van der Waals surface area contributed by atoms with Crippen LogP contribution in [-0.2, 0) is 11.2 Å². The van der Waals surface area contributed by atoms with Crippen molar-refractivity contribution in [1.82, 2.24) is 15.1 Å². The molecule has 1 aromatic carbocycles. The average Bonchev–Trinajstić information content (AvgIpc) is 3.19. The number of hydrogen-bond donors (Lipinski definition) is 1. The second-order valence-corrected chi connectivity index (χ2v) is 11.5.